The topological polar surface area (TPSA) is 59.8 Å². The van der Waals surface area contributed by atoms with E-state index in [1.807, 2.05) is 6.92 Å². The minimum absolute atomic E-state index is 0.162. The molecule has 5 nitrogen and oxygen atoms in total. The highest BCUT2D eigenvalue weighted by molar-refractivity contribution is 8.26. The smallest absolute Gasteiger partial charge is 0.326 e. The Labute approximate surface area is 132 Å². The molecule has 0 N–H and O–H groups in total. The van der Waals surface area contributed by atoms with Crippen LogP contribution >= 0.6 is 24.0 Å². The first-order valence-electron chi connectivity index (χ1n) is 6.49. The Hall–Kier alpha value is -1.60. The second-order valence-electron chi connectivity index (χ2n) is 4.49. The Balaban J connectivity index is 2.03. The Bertz CT molecular complexity index is 580. The molecule has 0 saturated carbocycles. The van der Waals surface area contributed by atoms with Crippen LogP contribution in [0.3, 0.4) is 0 Å². The zero-order chi connectivity index (χ0) is 15.4. The molecule has 0 aromatic carbocycles. The molecule has 1 aliphatic rings. The molecule has 0 radical (unpaired) electrons. The molecule has 2 rings (SSSR count). The van der Waals surface area contributed by atoms with Gasteiger partial charge in [-0.25, -0.2) is 0 Å². The Morgan fingerprint density at radius 1 is 1.62 bits per heavy atom. The summed E-state index contributed by atoms with van der Waals surface area (Å²) in [6.45, 7) is 3.56. The maximum atomic E-state index is 12.2. The van der Waals surface area contributed by atoms with Crippen molar-refractivity contribution in [2.24, 2.45) is 0 Å². The molecule has 0 aliphatic carbocycles. The Morgan fingerprint density at radius 2 is 2.38 bits per heavy atom. The van der Waals surface area contributed by atoms with Crippen LogP contribution in [0.4, 0.5) is 0 Å². The number of furan rings is 1. The molecule has 1 atom stereocenters. The molecule has 1 aromatic rings. The normalized spacial score (nSPS) is 18.4. The monoisotopic (exact) mass is 325 g/mol. The highest BCUT2D eigenvalue weighted by Crippen LogP contribution is 2.32. The van der Waals surface area contributed by atoms with Crippen LogP contribution in [0.25, 0.3) is 6.08 Å². The van der Waals surface area contributed by atoms with Gasteiger partial charge in [-0.2, -0.15) is 0 Å². The van der Waals surface area contributed by atoms with E-state index >= 15 is 0 Å². The third-order valence-corrected chi connectivity index (χ3v) is 4.26. The SMILES string of the molecule is CCC(C)OC(=O)CN1C(=O)/C(=C/c2ccco2)SC1=S. The summed E-state index contributed by atoms with van der Waals surface area (Å²) in [5.41, 5.74) is 0. The third kappa shape index (κ3) is 3.95. The zero-order valence-corrected chi connectivity index (χ0v) is 13.3. The van der Waals surface area contributed by atoms with Gasteiger partial charge < -0.3 is 9.15 Å². The fourth-order valence-electron chi connectivity index (χ4n) is 1.61. The van der Waals surface area contributed by atoms with Crippen molar-refractivity contribution in [2.45, 2.75) is 26.4 Å². The fraction of sp³-hybridized carbons (Fsp3) is 0.357. The summed E-state index contributed by atoms with van der Waals surface area (Å²) >= 11 is 6.29. The zero-order valence-electron chi connectivity index (χ0n) is 11.7. The number of hydrogen-bond acceptors (Lipinski definition) is 6. The summed E-state index contributed by atoms with van der Waals surface area (Å²) < 4.78 is 10.7. The fourth-order valence-corrected chi connectivity index (χ4v) is 2.85. The maximum absolute atomic E-state index is 12.2. The number of nitrogens with zero attached hydrogens (tertiary/aromatic N) is 1. The van der Waals surface area contributed by atoms with Crippen LogP contribution in [0.5, 0.6) is 0 Å². The molecular formula is C14H15NO4S2. The van der Waals surface area contributed by atoms with Crippen LogP contribution in [-0.4, -0.2) is 33.7 Å². The summed E-state index contributed by atoms with van der Waals surface area (Å²) in [7, 11) is 0. The lowest BCUT2D eigenvalue weighted by atomic mass is 10.3. The first kappa shape index (κ1) is 15.8. The second-order valence-corrected chi connectivity index (χ2v) is 6.17. The van der Waals surface area contributed by atoms with E-state index in [2.05, 4.69) is 0 Å². The van der Waals surface area contributed by atoms with E-state index in [1.165, 1.54) is 11.2 Å². The van der Waals surface area contributed by atoms with Crippen LogP contribution < -0.4 is 0 Å². The minimum Gasteiger partial charge on any atom is -0.465 e. The maximum Gasteiger partial charge on any atom is 0.326 e. The van der Waals surface area contributed by atoms with Gasteiger partial charge in [0, 0.05) is 6.08 Å². The molecule has 1 fully saturated rings. The Morgan fingerprint density at radius 3 is 3.00 bits per heavy atom. The van der Waals surface area contributed by atoms with E-state index in [0.29, 0.717) is 15.0 Å². The third-order valence-electron chi connectivity index (χ3n) is 2.88. The summed E-state index contributed by atoms with van der Waals surface area (Å²) in [5, 5.41) is 0. The van der Waals surface area contributed by atoms with Gasteiger partial charge in [0.05, 0.1) is 17.3 Å². The lowest BCUT2D eigenvalue weighted by Gasteiger charge is -2.16. The molecule has 1 aromatic heterocycles. The molecule has 1 amide bonds. The largest absolute Gasteiger partial charge is 0.465 e. The number of thioether (sulfide) groups is 1. The molecule has 1 saturated heterocycles. The number of ether oxygens (including phenoxy) is 1. The standard InChI is InChI=1S/C14H15NO4S2/c1-3-9(2)19-12(16)8-15-13(17)11(21-14(15)20)7-10-5-4-6-18-10/h4-7,9H,3,8H2,1-2H3/b11-7-. The highest BCUT2D eigenvalue weighted by Gasteiger charge is 2.34. The van der Waals surface area contributed by atoms with Crippen LogP contribution in [0.1, 0.15) is 26.0 Å². The van der Waals surface area contributed by atoms with Gasteiger partial charge in [0.15, 0.2) is 0 Å². The van der Waals surface area contributed by atoms with Gasteiger partial charge in [-0.3, -0.25) is 14.5 Å². The number of hydrogen-bond donors (Lipinski definition) is 0. The molecule has 7 heteroatoms. The van der Waals surface area contributed by atoms with E-state index in [1.54, 1.807) is 25.1 Å². The Kier molecular flexibility index (Phi) is 5.19. The van der Waals surface area contributed by atoms with Crippen LogP contribution in [-0.2, 0) is 14.3 Å². The van der Waals surface area contributed by atoms with Crippen LogP contribution in [0.15, 0.2) is 27.7 Å². The van der Waals surface area contributed by atoms with Crippen molar-refractivity contribution >= 4 is 46.3 Å². The first-order chi connectivity index (χ1) is 10.0. The molecule has 21 heavy (non-hydrogen) atoms. The van der Waals surface area contributed by atoms with Crippen molar-refractivity contribution in [3.05, 3.63) is 29.1 Å². The van der Waals surface area contributed by atoms with Gasteiger partial charge in [-0.1, -0.05) is 30.9 Å². The van der Waals surface area contributed by atoms with Crippen molar-refractivity contribution in [2.75, 3.05) is 6.54 Å². The van der Waals surface area contributed by atoms with E-state index in [9.17, 15) is 9.59 Å². The van der Waals surface area contributed by atoms with Gasteiger partial charge in [-0.15, -0.1) is 0 Å². The number of carbonyl (C=O) groups excluding carboxylic acids is 2. The summed E-state index contributed by atoms with van der Waals surface area (Å²) in [6.07, 6.45) is 3.69. The van der Waals surface area contributed by atoms with Crippen molar-refractivity contribution in [1.29, 1.82) is 0 Å². The van der Waals surface area contributed by atoms with Crippen LogP contribution in [0, 0.1) is 0 Å². The van der Waals surface area contributed by atoms with Crippen LogP contribution in [0.2, 0.25) is 0 Å². The van der Waals surface area contributed by atoms with E-state index in [-0.39, 0.29) is 18.6 Å². The van der Waals surface area contributed by atoms with Gasteiger partial charge in [-0.05, 0) is 25.5 Å². The summed E-state index contributed by atoms with van der Waals surface area (Å²) in [6, 6.07) is 3.47. The van der Waals surface area contributed by atoms with Crippen molar-refractivity contribution < 1.29 is 18.7 Å². The first-order valence-corrected chi connectivity index (χ1v) is 7.72. The molecule has 1 unspecified atom stereocenters. The number of carbonyl (C=O) groups is 2. The van der Waals surface area contributed by atoms with Gasteiger partial charge in [0.1, 0.15) is 16.6 Å². The quantitative estimate of drug-likeness (QED) is 0.471. The molecule has 0 bridgehead atoms. The predicted molar refractivity (Wildman–Crippen MR) is 84.4 cm³/mol. The van der Waals surface area contributed by atoms with Gasteiger partial charge in [0.2, 0.25) is 0 Å². The number of esters is 1. The number of amides is 1. The van der Waals surface area contributed by atoms with E-state index in [0.717, 1.165) is 18.2 Å². The molecule has 112 valence electrons. The van der Waals surface area contributed by atoms with Gasteiger partial charge >= 0.3 is 5.97 Å². The summed E-state index contributed by atoms with van der Waals surface area (Å²) in [5.74, 6) is -0.194. The van der Waals surface area contributed by atoms with Crippen molar-refractivity contribution in [3.8, 4) is 0 Å². The highest BCUT2D eigenvalue weighted by atomic mass is 32.2. The molecule has 0 spiro atoms. The molecule has 1 aliphatic heterocycles. The van der Waals surface area contributed by atoms with Gasteiger partial charge in [0.25, 0.3) is 5.91 Å². The van der Waals surface area contributed by atoms with Crippen molar-refractivity contribution in [1.82, 2.24) is 4.90 Å². The van der Waals surface area contributed by atoms with Crippen molar-refractivity contribution in [3.63, 3.8) is 0 Å². The predicted octanol–water partition coefficient (Wildman–Crippen LogP) is 2.82. The number of rotatable bonds is 5. The lowest BCUT2D eigenvalue weighted by molar-refractivity contribution is -0.150. The second kappa shape index (κ2) is 6.91. The molecule has 2 heterocycles. The number of thiocarbonyl (C=S) groups is 1. The average Bonchev–Trinajstić information content (AvgIpc) is 3.03. The summed E-state index contributed by atoms with van der Waals surface area (Å²) in [4.78, 5) is 25.7. The lowest BCUT2D eigenvalue weighted by Crippen LogP contribution is -2.35. The van der Waals surface area contributed by atoms with E-state index < -0.39 is 5.97 Å². The minimum atomic E-state index is -0.458. The molecular weight excluding hydrogens is 310 g/mol. The average molecular weight is 325 g/mol. The van der Waals surface area contributed by atoms with E-state index in [4.69, 9.17) is 21.4 Å².